The topological polar surface area (TPSA) is 97.6 Å². The second-order valence-electron chi connectivity index (χ2n) is 7.02. The molecule has 0 unspecified atom stereocenters. The van der Waals surface area contributed by atoms with E-state index in [-0.39, 0.29) is 17.4 Å². The van der Waals surface area contributed by atoms with Gasteiger partial charge in [-0.2, -0.15) is 0 Å². The van der Waals surface area contributed by atoms with Crippen molar-refractivity contribution in [2.45, 2.75) is 44.8 Å². The number of nitrogens with zero attached hydrogens (tertiary/aromatic N) is 3. The van der Waals surface area contributed by atoms with Crippen molar-refractivity contribution in [3.05, 3.63) is 27.5 Å². The molecule has 1 aromatic rings. The lowest BCUT2D eigenvalue weighted by Gasteiger charge is -2.38. The molecule has 0 spiro atoms. The quantitative estimate of drug-likeness (QED) is 0.478. The van der Waals surface area contributed by atoms with Gasteiger partial charge in [0.2, 0.25) is 5.15 Å². The number of rotatable bonds is 3. The molecule has 1 fully saturated rings. The molecule has 144 valence electrons. The largest absolute Gasteiger partial charge is 0.444 e. The Hall–Kier alpha value is -2.23. The number of halogens is 3. The lowest BCUT2D eigenvalue weighted by molar-refractivity contribution is -0.384. The molecule has 2 rings (SSSR count). The predicted octanol–water partition coefficient (Wildman–Crippen LogP) is 3.70. The number of nitrogens with one attached hydrogen (secondary N) is 1. The molecule has 8 nitrogen and oxygen atoms in total. The lowest BCUT2D eigenvalue weighted by Crippen LogP contribution is -2.54. The molecule has 0 saturated carbocycles. The lowest BCUT2D eigenvalue weighted by atomic mass is 10.0. The minimum Gasteiger partial charge on any atom is -0.444 e. The van der Waals surface area contributed by atoms with Crippen LogP contribution in [0.15, 0.2) is 12.3 Å². The molecule has 1 amide bonds. The highest BCUT2D eigenvalue weighted by Crippen LogP contribution is 2.34. The van der Waals surface area contributed by atoms with Crippen LogP contribution >= 0.6 is 11.6 Å². The Balaban J connectivity index is 2.21. The van der Waals surface area contributed by atoms with Crippen LogP contribution in [0.3, 0.4) is 0 Å². The van der Waals surface area contributed by atoms with Gasteiger partial charge in [0.25, 0.3) is 5.92 Å². The zero-order valence-electron chi connectivity index (χ0n) is 14.5. The van der Waals surface area contributed by atoms with Gasteiger partial charge in [0.15, 0.2) is 0 Å². The second kappa shape index (κ2) is 7.18. The minimum absolute atomic E-state index is 0.0400. The summed E-state index contributed by atoms with van der Waals surface area (Å²) in [5.41, 5.74) is -1.38. The molecule has 1 atom stereocenters. The Bertz CT molecular complexity index is 711. The molecule has 26 heavy (non-hydrogen) atoms. The van der Waals surface area contributed by atoms with Crippen molar-refractivity contribution < 1.29 is 23.2 Å². The number of piperidine rings is 1. The number of nitro groups is 1. The van der Waals surface area contributed by atoms with Crippen molar-refractivity contribution in [2.75, 3.05) is 18.4 Å². The molecular formula is C15H19ClF2N4O4. The number of hydrogen-bond donors (Lipinski definition) is 1. The number of carbonyl (C=O) groups excluding carboxylic acids is 1. The van der Waals surface area contributed by atoms with E-state index in [1.54, 1.807) is 20.8 Å². The summed E-state index contributed by atoms with van der Waals surface area (Å²) < 4.78 is 33.3. The van der Waals surface area contributed by atoms with Crippen molar-refractivity contribution in [3.63, 3.8) is 0 Å². The van der Waals surface area contributed by atoms with Crippen molar-refractivity contribution >= 4 is 29.1 Å². The van der Waals surface area contributed by atoms with Gasteiger partial charge in [-0.25, -0.2) is 18.6 Å². The molecule has 0 bridgehead atoms. The van der Waals surface area contributed by atoms with Crippen molar-refractivity contribution in [1.82, 2.24) is 9.88 Å². The van der Waals surface area contributed by atoms with Gasteiger partial charge in [0, 0.05) is 25.2 Å². The zero-order chi connectivity index (χ0) is 19.7. The monoisotopic (exact) mass is 392 g/mol. The highest BCUT2D eigenvalue weighted by molar-refractivity contribution is 6.32. The summed E-state index contributed by atoms with van der Waals surface area (Å²) in [7, 11) is 0. The van der Waals surface area contributed by atoms with Crippen LogP contribution in [0.5, 0.6) is 0 Å². The Morgan fingerprint density at radius 2 is 2.19 bits per heavy atom. The van der Waals surface area contributed by atoms with Gasteiger partial charge in [-0.3, -0.25) is 10.1 Å². The second-order valence-corrected chi connectivity index (χ2v) is 7.38. The average molecular weight is 393 g/mol. The van der Waals surface area contributed by atoms with Gasteiger partial charge >= 0.3 is 11.8 Å². The Labute approximate surface area is 153 Å². The smallest absolute Gasteiger partial charge is 0.410 e. The molecule has 1 N–H and O–H groups in total. The van der Waals surface area contributed by atoms with Crippen molar-refractivity contribution in [1.29, 1.82) is 0 Å². The van der Waals surface area contributed by atoms with Crippen LogP contribution in [0.4, 0.5) is 25.0 Å². The maximum absolute atomic E-state index is 14.1. The standard InChI is InChI=1S/C15H19ClF2N4O4/c1-14(2,3)26-13(23)21-7-9(6-15(17,18)8-21)20-10-4-5-19-12(16)11(10)22(24)25/h4-5,9H,6-8H2,1-3H3,(H,19,20)/t9-/m1/s1. The fraction of sp³-hybridized carbons (Fsp3) is 0.600. The molecule has 0 aliphatic carbocycles. The van der Waals surface area contributed by atoms with Crippen LogP contribution in [0.1, 0.15) is 27.2 Å². The van der Waals surface area contributed by atoms with Gasteiger partial charge in [-0.15, -0.1) is 0 Å². The summed E-state index contributed by atoms with van der Waals surface area (Å²) in [6.45, 7) is 4.02. The third kappa shape index (κ3) is 5.13. The number of ether oxygens (including phenoxy) is 1. The molecule has 1 aromatic heterocycles. The van der Waals surface area contributed by atoms with Crippen LogP contribution in [-0.4, -0.2) is 51.6 Å². The summed E-state index contributed by atoms with van der Waals surface area (Å²) in [4.78, 5) is 27.0. The van der Waals surface area contributed by atoms with Crippen LogP contribution in [-0.2, 0) is 4.74 Å². The van der Waals surface area contributed by atoms with E-state index in [9.17, 15) is 23.7 Å². The molecule has 0 aromatic carbocycles. The first-order valence-corrected chi connectivity index (χ1v) is 8.17. The third-order valence-electron chi connectivity index (χ3n) is 3.48. The van der Waals surface area contributed by atoms with Gasteiger partial charge in [0.1, 0.15) is 11.3 Å². The third-order valence-corrected chi connectivity index (χ3v) is 3.76. The van der Waals surface area contributed by atoms with E-state index in [4.69, 9.17) is 16.3 Å². The Morgan fingerprint density at radius 1 is 1.54 bits per heavy atom. The summed E-state index contributed by atoms with van der Waals surface area (Å²) >= 11 is 5.72. The first-order chi connectivity index (χ1) is 11.9. The summed E-state index contributed by atoms with van der Waals surface area (Å²) in [6, 6.07) is 0.345. The summed E-state index contributed by atoms with van der Waals surface area (Å²) in [5.74, 6) is -3.17. The number of likely N-dealkylation sites (tertiary alicyclic amines) is 1. The maximum atomic E-state index is 14.1. The van der Waals surface area contributed by atoms with E-state index >= 15 is 0 Å². The summed E-state index contributed by atoms with van der Waals surface area (Å²) in [5, 5.41) is 13.5. The minimum atomic E-state index is -3.17. The fourth-order valence-electron chi connectivity index (χ4n) is 2.60. The SMILES string of the molecule is CC(C)(C)OC(=O)N1C[C@H](Nc2ccnc(Cl)c2[N+](=O)[O-])CC(F)(F)C1. The van der Waals surface area contributed by atoms with E-state index in [1.165, 1.54) is 12.3 Å². The Morgan fingerprint density at radius 3 is 2.77 bits per heavy atom. The number of pyridine rings is 1. The predicted molar refractivity (Wildman–Crippen MR) is 90.7 cm³/mol. The Kier molecular flexibility index (Phi) is 5.55. The number of hydrogen-bond acceptors (Lipinski definition) is 6. The van der Waals surface area contributed by atoms with Crippen LogP contribution in [0.2, 0.25) is 5.15 Å². The molecule has 0 radical (unpaired) electrons. The van der Waals surface area contributed by atoms with Crippen molar-refractivity contribution in [2.24, 2.45) is 0 Å². The first kappa shape index (κ1) is 20.1. The first-order valence-electron chi connectivity index (χ1n) is 7.79. The molecular weight excluding hydrogens is 374 g/mol. The van der Waals surface area contributed by atoms with E-state index in [1.807, 2.05) is 0 Å². The molecule has 11 heteroatoms. The highest BCUT2D eigenvalue weighted by Gasteiger charge is 2.43. The number of alkyl halides is 2. The molecule has 1 saturated heterocycles. The molecule has 1 aliphatic heterocycles. The van der Waals surface area contributed by atoms with E-state index < -0.39 is 47.2 Å². The van der Waals surface area contributed by atoms with E-state index in [0.717, 1.165) is 4.90 Å². The normalized spacial score (nSPS) is 19.8. The summed E-state index contributed by atoms with van der Waals surface area (Å²) in [6.07, 6.45) is -0.237. The van der Waals surface area contributed by atoms with Gasteiger partial charge < -0.3 is 15.0 Å². The van der Waals surface area contributed by atoms with E-state index in [0.29, 0.717) is 0 Å². The average Bonchev–Trinajstić information content (AvgIpc) is 2.43. The number of carbonyl (C=O) groups is 1. The highest BCUT2D eigenvalue weighted by atomic mass is 35.5. The van der Waals surface area contributed by atoms with Gasteiger partial charge in [-0.05, 0) is 26.8 Å². The fourth-order valence-corrected chi connectivity index (χ4v) is 2.83. The van der Waals surface area contributed by atoms with Crippen LogP contribution in [0, 0.1) is 10.1 Å². The van der Waals surface area contributed by atoms with Gasteiger partial charge in [0.05, 0.1) is 11.5 Å². The molecule has 1 aliphatic rings. The zero-order valence-corrected chi connectivity index (χ0v) is 15.2. The van der Waals surface area contributed by atoms with Crippen molar-refractivity contribution in [3.8, 4) is 0 Å². The van der Waals surface area contributed by atoms with Crippen LogP contribution < -0.4 is 5.32 Å². The maximum Gasteiger partial charge on any atom is 0.410 e. The number of amides is 1. The van der Waals surface area contributed by atoms with Gasteiger partial charge in [-0.1, -0.05) is 11.6 Å². The molecule has 2 heterocycles. The number of aromatic nitrogens is 1. The van der Waals surface area contributed by atoms with Crippen LogP contribution in [0.25, 0.3) is 0 Å². The number of anilines is 1. The van der Waals surface area contributed by atoms with E-state index in [2.05, 4.69) is 10.3 Å².